The maximum Gasteiger partial charge on any atom is 0.322 e. The summed E-state index contributed by atoms with van der Waals surface area (Å²) < 4.78 is 5.71. The molecule has 0 aliphatic heterocycles. The Labute approximate surface area is 189 Å². The predicted molar refractivity (Wildman–Crippen MR) is 126 cm³/mol. The van der Waals surface area contributed by atoms with Gasteiger partial charge in [-0.25, -0.2) is 4.79 Å². The van der Waals surface area contributed by atoms with E-state index in [0.717, 1.165) is 23.5 Å². The van der Waals surface area contributed by atoms with E-state index in [1.54, 1.807) is 9.80 Å². The number of furan rings is 1. The lowest BCUT2D eigenvalue weighted by molar-refractivity contribution is -0.133. The average Bonchev–Trinajstić information content (AvgIpc) is 3.20. The van der Waals surface area contributed by atoms with Gasteiger partial charge in [0, 0.05) is 18.3 Å². The molecule has 2 aromatic carbocycles. The first-order chi connectivity index (χ1) is 15.4. The van der Waals surface area contributed by atoms with Crippen molar-refractivity contribution in [2.24, 2.45) is 0 Å². The lowest BCUT2D eigenvalue weighted by Gasteiger charge is -2.30. The first kappa shape index (κ1) is 23.1. The van der Waals surface area contributed by atoms with Crippen molar-refractivity contribution in [3.63, 3.8) is 0 Å². The smallest absolute Gasteiger partial charge is 0.322 e. The highest BCUT2D eigenvalue weighted by molar-refractivity contribution is 5.92. The van der Waals surface area contributed by atoms with E-state index in [1.807, 2.05) is 93.6 Å². The van der Waals surface area contributed by atoms with Gasteiger partial charge >= 0.3 is 6.03 Å². The number of carbonyl (C=O) groups excluding carboxylic acids is 2. The normalized spacial score (nSPS) is 10.8. The zero-order valence-electron chi connectivity index (χ0n) is 19.0. The molecule has 0 atom stereocenters. The van der Waals surface area contributed by atoms with Gasteiger partial charge < -0.3 is 19.5 Å². The second kappa shape index (κ2) is 11.2. The fraction of sp³-hybridized carbons (Fsp3) is 0.308. The Kier molecular flexibility index (Phi) is 8.08. The van der Waals surface area contributed by atoms with Gasteiger partial charge in [0.2, 0.25) is 5.91 Å². The number of aryl methyl sites for hydroxylation is 1. The monoisotopic (exact) mass is 433 g/mol. The van der Waals surface area contributed by atoms with Crippen LogP contribution in [-0.2, 0) is 17.8 Å². The van der Waals surface area contributed by atoms with Crippen molar-refractivity contribution in [1.82, 2.24) is 9.80 Å². The number of anilines is 1. The lowest BCUT2D eigenvalue weighted by Crippen LogP contribution is -2.47. The van der Waals surface area contributed by atoms with Gasteiger partial charge in [0.15, 0.2) is 0 Å². The summed E-state index contributed by atoms with van der Waals surface area (Å²) in [5.41, 5.74) is 1.85. The number of hydrogen-bond donors (Lipinski definition) is 1. The fourth-order valence-electron chi connectivity index (χ4n) is 3.41. The van der Waals surface area contributed by atoms with E-state index in [0.29, 0.717) is 18.8 Å². The summed E-state index contributed by atoms with van der Waals surface area (Å²) in [6.07, 6.45) is 0.726. The van der Waals surface area contributed by atoms with Crippen molar-refractivity contribution < 1.29 is 14.0 Å². The second-order valence-electron chi connectivity index (χ2n) is 8.08. The molecule has 6 heteroatoms. The molecule has 1 heterocycles. The fourth-order valence-corrected chi connectivity index (χ4v) is 3.41. The first-order valence-electron chi connectivity index (χ1n) is 10.9. The van der Waals surface area contributed by atoms with Crippen LogP contribution in [0.2, 0.25) is 0 Å². The zero-order valence-corrected chi connectivity index (χ0v) is 19.0. The Morgan fingerprint density at radius 3 is 2.19 bits per heavy atom. The molecule has 0 unspecified atom stereocenters. The SMILES string of the molecule is Cc1ccc(CN(CCc2ccccc2)C(=O)CN(C(=O)Nc2ccccc2)C(C)C)o1. The van der Waals surface area contributed by atoms with E-state index in [9.17, 15) is 9.59 Å². The van der Waals surface area contributed by atoms with Crippen LogP contribution in [0.1, 0.15) is 30.9 Å². The number of rotatable bonds is 9. The second-order valence-corrected chi connectivity index (χ2v) is 8.08. The van der Waals surface area contributed by atoms with Gasteiger partial charge in [0.05, 0.1) is 6.54 Å². The summed E-state index contributed by atoms with van der Waals surface area (Å²) in [6, 6.07) is 22.7. The van der Waals surface area contributed by atoms with E-state index in [1.165, 1.54) is 0 Å². The number of para-hydroxylation sites is 1. The van der Waals surface area contributed by atoms with E-state index in [4.69, 9.17) is 4.42 Å². The number of urea groups is 1. The third kappa shape index (κ3) is 6.74. The lowest BCUT2D eigenvalue weighted by atomic mass is 10.1. The maximum absolute atomic E-state index is 13.3. The van der Waals surface area contributed by atoms with E-state index in [2.05, 4.69) is 5.32 Å². The van der Waals surface area contributed by atoms with Gasteiger partial charge in [-0.15, -0.1) is 0 Å². The van der Waals surface area contributed by atoms with Crippen LogP contribution in [0.3, 0.4) is 0 Å². The van der Waals surface area contributed by atoms with Crippen molar-refractivity contribution in [2.45, 2.75) is 39.8 Å². The summed E-state index contributed by atoms with van der Waals surface area (Å²) in [6.45, 7) is 6.59. The highest BCUT2D eigenvalue weighted by atomic mass is 16.3. The van der Waals surface area contributed by atoms with Crippen LogP contribution in [-0.4, -0.2) is 40.9 Å². The molecular weight excluding hydrogens is 402 g/mol. The van der Waals surface area contributed by atoms with E-state index in [-0.39, 0.29) is 24.5 Å². The number of carbonyl (C=O) groups is 2. The number of nitrogens with one attached hydrogen (secondary N) is 1. The molecule has 0 spiro atoms. The Morgan fingerprint density at radius 1 is 0.938 bits per heavy atom. The Hall–Kier alpha value is -3.54. The largest absolute Gasteiger partial charge is 0.464 e. The molecule has 168 valence electrons. The van der Waals surface area contributed by atoms with Crippen molar-refractivity contribution in [1.29, 1.82) is 0 Å². The third-order valence-electron chi connectivity index (χ3n) is 5.22. The summed E-state index contributed by atoms with van der Waals surface area (Å²) in [7, 11) is 0. The van der Waals surface area contributed by atoms with Gasteiger partial charge in [0.25, 0.3) is 0 Å². The van der Waals surface area contributed by atoms with E-state index < -0.39 is 0 Å². The summed E-state index contributed by atoms with van der Waals surface area (Å²) in [5.74, 6) is 1.42. The highest BCUT2D eigenvalue weighted by Crippen LogP contribution is 2.13. The molecule has 3 rings (SSSR count). The third-order valence-corrected chi connectivity index (χ3v) is 5.22. The molecule has 3 aromatic rings. The van der Waals surface area contributed by atoms with Gasteiger partial charge in [-0.3, -0.25) is 4.79 Å². The molecule has 0 radical (unpaired) electrons. The van der Waals surface area contributed by atoms with Gasteiger partial charge in [-0.2, -0.15) is 0 Å². The van der Waals surface area contributed by atoms with Crippen LogP contribution in [0.25, 0.3) is 0 Å². The van der Waals surface area contributed by atoms with Crippen LogP contribution in [0.15, 0.2) is 77.2 Å². The summed E-state index contributed by atoms with van der Waals surface area (Å²) in [4.78, 5) is 29.5. The number of hydrogen-bond acceptors (Lipinski definition) is 3. The average molecular weight is 434 g/mol. The minimum atomic E-state index is -0.295. The molecule has 0 saturated heterocycles. The highest BCUT2D eigenvalue weighted by Gasteiger charge is 2.24. The van der Waals surface area contributed by atoms with Crippen molar-refractivity contribution in [3.8, 4) is 0 Å². The van der Waals surface area contributed by atoms with Gasteiger partial charge in [-0.1, -0.05) is 48.5 Å². The van der Waals surface area contributed by atoms with Crippen LogP contribution < -0.4 is 5.32 Å². The quantitative estimate of drug-likeness (QED) is 0.510. The topological polar surface area (TPSA) is 65.8 Å². The number of benzene rings is 2. The molecule has 6 nitrogen and oxygen atoms in total. The van der Waals surface area contributed by atoms with Crippen LogP contribution >= 0.6 is 0 Å². The van der Waals surface area contributed by atoms with Crippen molar-refractivity contribution in [3.05, 3.63) is 89.9 Å². The Balaban J connectivity index is 1.71. The van der Waals surface area contributed by atoms with Crippen molar-refractivity contribution >= 4 is 17.6 Å². The molecule has 0 saturated carbocycles. The Morgan fingerprint density at radius 2 is 1.59 bits per heavy atom. The van der Waals surface area contributed by atoms with Gasteiger partial charge in [-0.05, 0) is 57.0 Å². The predicted octanol–water partition coefficient (Wildman–Crippen LogP) is 5.10. The van der Waals surface area contributed by atoms with Crippen LogP contribution in [0.4, 0.5) is 10.5 Å². The molecule has 0 aliphatic carbocycles. The molecular formula is C26H31N3O3. The van der Waals surface area contributed by atoms with Gasteiger partial charge in [0.1, 0.15) is 18.1 Å². The molecule has 0 aliphatic rings. The Bertz CT molecular complexity index is 999. The molecule has 1 aromatic heterocycles. The first-order valence-corrected chi connectivity index (χ1v) is 10.9. The molecule has 32 heavy (non-hydrogen) atoms. The minimum absolute atomic E-state index is 0.00911. The van der Waals surface area contributed by atoms with Crippen LogP contribution in [0, 0.1) is 6.92 Å². The number of amides is 3. The van der Waals surface area contributed by atoms with E-state index >= 15 is 0 Å². The summed E-state index contributed by atoms with van der Waals surface area (Å²) in [5, 5.41) is 2.88. The zero-order chi connectivity index (χ0) is 22.9. The molecule has 0 bridgehead atoms. The summed E-state index contributed by atoms with van der Waals surface area (Å²) >= 11 is 0. The molecule has 1 N–H and O–H groups in total. The molecule has 0 fully saturated rings. The minimum Gasteiger partial charge on any atom is -0.464 e. The van der Waals surface area contributed by atoms with Crippen molar-refractivity contribution in [2.75, 3.05) is 18.4 Å². The maximum atomic E-state index is 13.3. The molecule has 3 amide bonds. The number of nitrogens with zero attached hydrogens (tertiary/aromatic N) is 2. The van der Waals surface area contributed by atoms with Crippen LogP contribution in [0.5, 0.6) is 0 Å². The standard InChI is InChI=1S/C26H31N3O3/c1-20(2)29(26(31)27-23-12-8-5-9-13-23)19-25(30)28(18-24-15-14-21(3)32-24)17-16-22-10-6-4-7-11-22/h4-15,20H,16-19H2,1-3H3,(H,27,31).